The molecule has 1 aromatic heterocycles. The molecule has 5 heteroatoms. The molecule has 2 N–H and O–H groups in total. The lowest BCUT2D eigenvalue weighted by Gasteiger charge is -2.11. The molecule has 2 aromatic rings. The number of ether oxygens (including phenoxy) is 1. The number of carbonyl (C=O) groups excluding carboxylic acids is 1. The van der Waals surface area contributed by atoms with Crippen LogP contribution in [0.4, 0.5) is 5.69 Å². The largest absolute Gasteiger partial charge is 0.493 e. The molecule has 1 aromatic carbocycles. The third-order valence-corrected chi connectivity index (χ3v) is 4.27. The minimum atomic E-state index is -0.0963. The maximum atomic E-state index is 12.6. The van der Waals surface area contributed by atoms with Crippen molar-refractivity contribution in [3.05, 3.63) is 44.1 Å². The Morgan fingerprint density at radius 3 is 2.79 bits per heavy atom. The molecule has 1 heterocycles. The molecule has 2 rings (SSSR count). The number of rotatable bonds is 4. The van der Waals surface area contributed by atoms with Gasteiger partial charge in [-0.3, -0.25) is 4.79 Å². The quantitative estimate of drug-likeness (QED) is 0.675. The number of anilines is 1. The molecule has 0 saturated carbocycles. The number of nitrogens with two attached hydrogens (primary N) is 1. The van der Waals surface area contributed by atoms with Crippen molar-refractivity contribution in [2.24, 2.45) is 0 Å². The summed E-state index contributed by atoms with van der Waals surface area (Å²) >= 11 is 4.93. The fourth-order valence-electron chi connectivity index (χ4n) is 1.87. The average Bonchev–Trinajstić information content (AvgIpc) is 2.68. The van der Waals surface area contributed by atoms with Gasteiger partial charge in [-0.05, 0) is 48.0 Å². The van der Waals surface area contributed by atoms with Crippen molar-refractivity contribution in [3.8, 4) is 5.75 Å². The lowest BCUT2D eigenvalue weighted by atomic mass is 10.0. The van der Waals surface area contributed by atoms with E-state index in [9.17, 15) is 4.79 Å². The first-order valence-corrected chi connectivity index (χ1v) is 7.47. The minimum Gasteiger partial charge on any atom is -0.493 e. The Hall–Kier alpha value is -1.33. The normalized spacial score (nSPS) is 10.5. The summed E-state index contributed by atoms with van der Waals surface area (Å²) in [7, 11) is 0. The highest BCUT2D eigenvalue weighted by molar-refractivity contribution is 9.11. The van der Waals surface area contributed by atoms with Gasteiger partial charge in [-0.15, -0.1) is 11.3 Å². The zero-order chi connectivity index (χ0) is 14.0. The van der Waals surface area contributed by atoms with Gasteiger partial charge in [0.2, 0.25) is 0 Å². The van der Waals surface area contributed by atoms with Crippen LogP contribution in [0, 0.1) is 6.92 Å². The molecule has 0 bridgehead atoms. The molecular weight excluding hydrogens is 326 g/mol. The number of nitrogen functional groups attached to an aromatic ring is 1. The van der Waals surface area contributed by atoms with Gasteiger partial charge >= 0.3 is 0 Å². The van der Waals surface area contributed by atoms with Gasteiger partial charge in [0.1, 0.15) is 5.75 Å². The van der Waals surface area contributed by atoms with Crippen molar-refractivity contribution in [2.75, 3.05) is 12.3 Å². The Bertz CT molecular complexity index is 622. The summed E-state index contributed by atoms with van der Waals surface area (Å²) in [4.78, 5) is 13.6. The molecule has 0 aliphatic carbocycles. The molecule has 100 valence electrons. The van der Waals surface area contributed by atoms with E-state index in [4.69, 9.17) is 10.5 Å². The first-order valence-electron chi connectivity index (χ1n) is 5.86. The Balaban J connectivity index is 2.52. The van der Waals surface area contributed by atoms with Gasteiger partial charge in [-0.1, -0.05) is 6.07 Å². The Morgan fingerprint density at radius 1 is 1.47 bits per heavy atom. The molecule has 19 heavy (non-hydrogen) atoms. The van der Waals surface area contributed by atoms with Gasteiger partial charge in [0.05, 0.1) is 16.0 Å². The topological polar surface area (TPSA) is 52.3 Å². The Morgan fingerprint density at radius 2 is 2.21 bits per heavy atom. The van der Waals surface area contributed by atoms with E-state index in [2.05, 4.69) is 15.9 Å². The zero-order valence-corrected chi connectivity index (χ0v) is 13.1. The molecular formula is C14H14BrNO2S. The van der Waals surface area contributed by atoms with Crippen LogP contribution in [-0.4, -0.2) is 12.4 Å². The van der Waals surface area contributed by atoms with E-state index in [1.54, 1.807) is 18.2 Å². The van der Waals surface area contributed by atoms with Gasteiger partial charge in [0.15, 0.2) is 5.78 Å². The molecule has 0 aliphatic rings. The van der Waals surface area contributed by atoms with Crippen molar-refractivity contribution in [2.45, 2.75) is 13.8 Å². The van der Waals surface area contributed by atoms with Gasteiger partial charge in [-0.2, -0.15) is 0 Å². The Kier molecular flexibility index (Phi) is 4.27. The van der Waals surface area contributed by atoms with E-state index in [0.29, 0.717) is 29.2 Å². The number of benzene rings is 1. The number of hydrogen-bond acceptors (Lipinski definition) is 4. The minimum absolute atomic E-state index is 0.0963. The number of ketones is 1. The van der Waals surface area contributed by atoms with E-state index in [1.165, 1.54) is 11.3 Å². The van der Waals surface area contributed by atoms with E-state index < -0.39 is 0 Å². The van der Waals surface area contributed by atoms with E-state index in [-0.39, 0.29) is 5.78 Å². The third-order valence-electron chi connectivity index (χ3n) is 2.72. The maximum Gasteiger partial charge on any atom is 0.199 e. The second-order valence-corrected chi connectivity index (χ2v) is 6.64. The molecule has 0 aliphatic heterocycles. The van der Waals surface area contributed by atoms with Crippen LogP contribution in [0.3, 0.4) is 0 Å². The highest BCUT2D eigenvalue weighted by Gasteiger charge is 2.21. The van der Waals surface area contributed by atoms with Crippen molar-refractivity contribution >= 4 is 38.7 Å². The fourth-order valence-corrected chi connectivity index (χ4v) is 3.56. The molecule has 0 saturated heterocycles. The van der Waals surface area contributed by atoms with E-state index >= 15 is 0 Å². The lowest BCUT2D eigenvalue weighted by Crippen LogP contribution is -2.09. The van der Waals surface area contributed by atoms with Gasteiger partial charge in [-0.25, -0.2) is 0 Å². The van der Waals surface area contributed by atoms with Crippen molar-refractivity contribution in [3.63, 3.8) is 0 Å². The summed E-state index contributed by atoms with van der Waals surface area (Å²) in [5.41, 5.74) is 7.48. The lowest BCUT2D eigenvalue weighted by molar-refractivity contribution is 0.103. The predicted molar refractivity (Wildman–Crippen MR) is 82.2 cm³/mol. The molecule has 0 atom stereocenters. The van der Waals surface area contributed by atoms with Crippen LogP contribution in [0.5, 0.6) is 5.75 Å². The second kappa shape index (κ2) is 5.75. The Labute approximate surface area is 124 Å². The van der Waals surface area contributed by atoms with Crippen molar-refractivity contribution < 1.29 is 9.53 Å². The molecule has 0 spiro atoms. The van der Waals surface area contributed by atoms with Gasteiger partial charge in [0.25, 0.3) is 0 Å². The molecule has 0 radical (unpaired) electrons. The third kappa shape index (κ3) is 2.82. The van der Waals surface area contributed by atoms with Crippen molar-refractivity contribution in [1.82, 2.24) is 0 Å². The van der Waals surface area contributed by atoms with Crippen LogP contribution in [0.15, 0.2) is 28.1 Å². The summed E-state index contributed by atoms with van der Waals surface area (Å²) in [5, 5.41) is 0. The van der Waals surface area contributed by atoms with E-state index in [1.807, 2.05) is 19.9 Å². The molecule has 0 unspecified atom stereocenters. The van der Waals surface area contributed by atoms with Crippen LogP contribution in [0.2, 0.25) is 0 Å². The first-order chi connectivity index (χ1) is 9.04. The first kappa shape index (κ1) is 14.1. The zero-order valence-electron chi connectivity index (χ0n) is 10.7. The number of thiophene rings is 1. The summed E-state index contributed by atoms with van der Waals surface area (Å²) in [6.07, 6.45) is 0. The van der Waals surface area contributed by atoms with Crippen LogP contribution in [0.25, 0.3) is 0 Å². The predicted octanol–water partition coefficient (Wildman–Crippen LogP) is 4.03. The molecule has 3 nitrogen and oxygen atoms in total. The number of carbonyl (C=O) groups is 1. The summed E-state index contributed by atoms with van der Waals surface area (Å²) in [6, 6.07) is 7.09. The second-order valence-electron chi connectivity index (χ2n) is 4.00. The number of aryl methyl sites for hydroxylation is 1. The molecule has 0 fully saturated rings. The standard InChI is InChI=1S/C14H14BrNO2S/c1-3-18-11-6-4-5-10(16)13(11)14(17)9-7-12(15)19-8(9)2/h4-7H,3,16H2,1-2H3. The monoisotopic (exact) mass is 339 g/mol. The number of hydrogen-bond donors (Lipinski definition) is 1. The fraction of sp³-hybridized carbons (Fsp3) is 0.214. The van der Waals surface area contributed by atoms with E-state index in [0.717, 1.165) is 8.66 Å². The summed E-state index contributed by atoms with van der Waals surface area (Å²) in [5.74, 6) is 0.440. The van der Waals surface area contributed by atoms with Crippen LogP contribution < -0.4 is 10.5 Å². The summed E-state index contributed by atoms with van der Waals surface area (Å²) < 4.78 is 6.43. The SMILES string of the molecule is CCOc1cccc(N)c1C(=O)c1cc(Br)sc1C. The highest BCUT2D eigenvalue weighted by atomic mass is 79.9. The number of halogens is 1. The van der Waals surface area contributed by atoms with Crippen LogP contribution in [-0.2, 0) is 0 Å². The van der Waals surface area contributed by atoms with Crippen LogP contribution in [0.1, 0.15) is 27.7 Å². The highest BCUT2D eigenvalue weighted by Crippen LogP contribution is 2.32. The van der Waals surface area contributed by atoms with Gasteiger partial charge < -0.3 is 10.5 Å². The average molecular weight is 340 g/mol. The van der Waals surface area contributed by atoms with Gasteiger partial charge in [0, 0.05) is 16.1 Å². The van der Waals surface area contributed by atoms with Crippen LogP contribution >= 0.6 is 27.3 Å². The maximum absolute atomic E-state index is 12.6. The molecule has 0 amide bonds. The summed E-state index contributed by atoms with van der Waals surface area (Å²) in [6.45, 7) is 4.29. The van der Waals surface area contributed by atoms with Crippen molar-refractivity contribution in [1.29, 1.82) is 0 Å². The smallest absolute Gasteiger partial charge is 0.199 e.